The van der Waals surface area contributed by atoms with Crippen molar-refractivity contribution in [2.75, 3.05) is 13.1 Å². The molecule has 0 spiro atoms. The number of Topliss-reactive ketones (excluding diaryl/α,β-unsaturated/α-hetero) is 1. The van der Waals surface area contributed by atoms with E-state index in [1.165, 1.54) is 47.1 Å². The number of carbonyl (C=O) groups is 4. The van der Waals surface area contributed by atoms with Crippen LogP contribution in [0.5, 0.6) is 0 Å². The summed E-state index contributed by atoms with van der Waals surface area (Å²) >= 11 is 4.24. The maximum absolute atomic E-state index is 13.4. The van der Waals surface area contributed by atoms with Gasteiger partial charge in [0.15, 0.2) is 22.6 Å². The van der Waals surface area contributed by atoms with Crippen molar-refractivity contribution in [3.8, 4) is 33.8 Å². The molecule has 2 unspecified atom stereocenters. The monoisotopic (exact) mass is 1580 g/mol. The average molecular weight is 1580 g/mol. The number of hydrogen-bond donors (Lipinski definition) is 2. The van der Waals surface area contributed by atoms with Gasteiger partial charge in [-0.05, 0) is 148 Å². The minimum absolute atomic E-state index is 0. The van der Waals surface area contributed by atoms with Crippen LogP contribution in [0, 0.1) is 17.5 Å². The Morgan fingerprint density at radius 2 is 0.854 bits per heavy atom. The van der Waals surface area contributed by atoms with Crippen molar-refractivity contribution in [2.24, 2.45) is 0 Å². The van der Waals surface area contributed by atoms with E-state index in [1.807, 2.05) is 66.7 Å². The van der Waals surface area contributed by atoms with Gasteiger partial charge in [-0.25, -0.2) is 46.5 Å². The van der Waals surface area contributed by atoms with Crippen molar-refractivity contribution >= 4 is 112 Å². The minimum Gasteiger partial charge on any atom is -0.476 e. The number of amides is 2. The Bertz CT molecular complexity index is 4040. The van der Waals surface area contributed by atoms with Crippen molar-refractivity contribution in [1.29, 1.82) is 0 Å². The highest BCUT2D eigenvalue weighted by atomic mass is 128. The summed E-state index contributed by atoms with van der Waals surface area (Å²) < 4.78 is 44.6. The molecule has 0 saturated carbocycles. The summed E-state index contributed by atoms with van der Waals surface area (Å²) in [6, 6.07) is 24.2. The van der Waals surface area contributed by atoms with Gasteiger partial charge in [0.05, 0.1) is 41.8 Å². The zero-order chi connectivity index (χ0) is 63.9. The molecule has 17 nitrogen and oxygen atoms in total. The summed E-state index contributed by atoms with van der Waals surface area (Å²) in [5.74, 6) is -2.22. The molecule has 6 aromatic heterocycles. The summed E-state index contributed by atoms with van der Waals surface area (Å²) in [6.45, 7) is 27.2. The first-order valence-electron chi connectivity index (χ1n) is 28.4. The normalized spacial score (nSPS) is 15.6. The molecule has 0 radical (unpaired) electrons. The highest BCUT2D eigenvalue weighted by molar-refractivity contribution is 15.0. The quantitative estimate of drug-likeness (QED) is 0.118. The molecule has 2 aliphatic heterocycles. The maximum Gasteiger partial charge on any atom is 0.356 e. The lowest BCUT2D eigenvalue weighted by atomic mass is 9.87. The first-order valence-corrected chi connectivity index (χ1v) is 34.7. The summed E-state index contributed by atoms with van der Waals surface area (Å²) in [6.07, 6.45) is 6.10. The van der Waals surface area contributed by atoms with Crippen molar-refractivity contribution < 1.29 is 42.6 Å². The summed E-state index contributed by atoms with van der Waals surface area (Å²) in [4.78, 5) is 66.7. The van der Waals surface area contributed by atoms with Gasteiger partial charge in [0.1, 0.15) is 34.6 Å². The Kier molecular flexibility index (Phi) is 22.9. The third-order valence-corrected chi connectivity index (χ3v) is 15.4. The van der Waals surface area contributed by atoms with Crippen LogP contribution in [0.25, 0.3) is 50.7 Å². The molecule has 2 aliphatic rings. The number of hydrogen-bond acceptors (Lipinski definition) is 11. The SMILES string of the molecule is CC(C)(C)c1cc(-c2ccc(F)cc2)nn2cc(C(=O)N3CCC(=O)CC3(C)C)nc12.CC(C)(C)c1cc(-c2ccc(F)cc2)nn2cc(C(=O)N3CCC(O)CC3(C)C)nc12.CC(C)(C)c1cc(-c2ccc(F)cc2)nn2cc(C(=O)O)nc12.I.II.P. The van der Waals surface area contributed by atoms with Crippen LogP contribution in [-0.4, -0.2) is 118 Å². The van der Waals surface area contributed by atoms with Gasteiger partial charge < -0.3 is 20.0 Å². The van der Waals surface area contributed by atoms with E-state index in [0.29, 0.717) is 84.2 Å². The molecule has 2 fully saturated rings. The fourth-order valence-corrected chi connectivity index (χ4v) is 10.8. The molecule has 89 heavy (non-hydrogen) atoms. The number of nitrogens with zero attached hydrogens (tertiary/aromatic N) is 11. The Morgan fingerprint density at radius 1 is 0.539 bits per heavy atom. The molecule has 2 atom stereocenters. The van der Waals surface area contributed by atoms with Crippen LogP contribution in [0.4, 0.5) is 13.2 Å². The van der Waals surface area contributed by atoms with Crippen molar-refractivity contribution in [3.63, 3.8) is 0 Å². The average Bonchev–Trinajstić information content (AvgIpc) is 2.20. The standard InChI is InChI=1S/C24H29FN4O2.C24H27FN4O2.C17H16FN3O2.I2.HI.H3P/c2*1-23(2,3)18-12-19(15-6-8-16(25)9-7-15)27-29-14-20(26-21(18)29)22(31)28-11-10-17(30)13-24(28,4)5;1-17(2,3)12-8-13(10-4-6-11(18)7-5-10)20-21-9-14(16(22)23)19-15(12)21;1-2;;/h6-9,12,14,17,30H,10-11,13H2,1-5H3;6-9,12,14H,10-11,13H2,1-5H3;4-9H,1-3H3,(H,22,23);;1H;1H3. The molecular formula is C65H76F3I3N11O6P. The number of ketones is 1. The predicted octanol–water partition coefficient (Wildman–Crippen LogP) is 14.6. The number of aromatic nitrogens is 9. The Hall–Kier alpha value is -6.03. The van der Waals surface area contributed by atoms with Crippen LogP contribution in [0.2, 0.25) is 0 Å². The molecule has 24 heteroatoms. The molecule has 9 aromatic rings. The number of carboxylic acids is 1. The smallest absolute Gasteiger partial charge is 0.356 e. The zero-order valence-corrected chi connectivity index (χ0v) is 60.2. The summed E-state index contributed by atoms with van der Waals surface area (Å²) in [5.41, 5.74) is 7.70. The molecule has 8 heterocycles. The molecule has 0 aliphatic carbocycles. The Morgan fingerprint density at radius 3 is 1.16 bits per heavy atom. The van der Waals surface area contributed by atoms with E-state index in [4.69, 9.17) is 5.11 Å². The van der Waals surface area contributed by atoms with Crippen LogP contribution < -0.4 is 0 Å². The fraction of sp³-hybridized carbons (Fsp3) is 0.385. The predicted molar refractivity (Wildman–Crippen MR) is 372 cm³/mol. The van der Waals surface area contributed by atoms with E-state index >= 15 is 0 Å². The van der Waals surface area contributed by atoms with E-state index in [0.717, 1.165) is 33.4 Å². The molecule has 2 N–H and O–H groups in total. The number of carboxylic acid groups (broad SMARTS) is 1. The number of rotatable bonds is 6. The lowest BCUT2D eigenvalue weighted by molar-refractivity contribution is -0.124. The fourth-order valence-electron chi connectivity index (χ4n) is 10.8. The second-order valence-electron chi connectivity index (χ2n) is 26.2. The lowest BCUT2D eigenvalue weighted by Crippen LogP contribution is -2.54. The third kappa shape index (κ3) is 16.6. The third-order valence-electron chi connectivity index (χ3n) is 15.4. The largest absolute Gasteiger partial charge is 0.476 e. The molecule has 3 aromatic carbocycles. The van der Waals surface area contributed by atoms with Gasteiger partial charge in [-0.15, -0.1) is 24.0 Å². The second-order valence-corrected chi connectivity index (χ2v) is 26.2. The van der Waals surface area contributed by atoms with E-state index in [2.05, 4.69) is 109 Å². The van der Waals surface area contributed by atoms with Gasteiger partial charge in [-0.3, -0.25) is 14.4 Å². The van der Waals surface area contributed by atoms with Gasteiger partial charge >= 0.3 is 5.97 Å². The van der Waals surface area contributed by atoms with Crippen LogP contribution in [0.15, 0.2) is 110 Å². The molecular weight excluding hydrogens is 1500 g/mol. The number of benzene rings is 3. The van der Waals surface area contributed by atoms with Crippen LogP contribution in [0.1, 0.15) is 164 Å². The first-order chi connectivity index (χ1) is 40.7. The number of aromatic carboxylic acids is 1. The van der Waals surface area contributed by atoms with Crippen molar-refractivity contribution in [2.45, 2.75) is 149 Å². The zero-order valence-electron chi connectivity index (χ0n) is 52.2. The van der Waals surface area contributed by atoms with Gasteiger partial charge in [-0.1, -0.05) is 62.3 Å². The minimum atomic E-state index is -1.10. The molecule has 2 amide bonds. The van der Waals surface area contributed by atoms with Gasteiger partial charge in [0.2, 0.25) is 0 Å². The van der Waals surface area contributed by atoms with Crippen LogP contribution >= 0.6 is 71.1 Å². The van der Waals surface area contributed by atoms with Gasteiger partial charge in [-0.2, -0.15) is 25.2 Å². The van der Waals surface area contributed by atoms with E-state index in [1.54, 1.807) is 67.6 Å². The summed E-state index contributed by atoms with van der Waals surface area (Å²) in [7, 11) is 0. The maximum atomic E-state index is 13.4. The summed E-state index contributed by atoms with van der Waals surface area (Å²) in [5, 5.41) is 32.9. The molecule has 11 rings (SSSR count). The number of likely N-dealkylation sites (tertiary alicyclic amines) is 2. The van der Waals surface area contributed by atoms with E-state index in [-0.39, 0.29) is 90.9 Å². The lowest BCUT2D eigenvalue weighted by Gasteiger charge is -2.44. The van der Waals surface area contributed by atoms with Gasteiger partial charge in [0.25, 0.3) is 11.8 Å². The number of imidazole rings is 3. The van der Waals surface area contributed by atoms with Crippen molar-refractivity contribution in [1.82, 2.24) is 53.6 Å². The van der Waals surface area contributed by atoms with Gasteiger partial charge in [0, 0.05) is 108 Å². The van der Waals surface area contributed by atoms with E-state index < -0.39 is 23.2 Å². The number of aliphatic hydroxyl groups excluding tert-OH is 1. The van der Waals surface area contributed by atoms with Crippen LogP contribution in [0.3, 0.4) is 0 Å². The highest BCUT2D eigenvalue weighted by Gasteiger charge is 2.40. The van der Waals surface area contributed by atoms with Crippen LogP contribution in [-0.2, 0) is 21.0 Å². The number of aliphatic hydroxyl groups is 1. The van der Waals surface area contributed by atoms with E-state index in [9.17, 15) is 37.5 Å². The van der Waals surface area contributed by atoms with Crippen molar-refractivity contribution in [3.05, 3.63) is 161 Å². The topological polar surface area (TPSA) is 206 Å². The highest BCUT2D eigenvalue weighted by Crippen LogP contribution is 2.36. The number of fused-ring (bicyclic) bond motifs is 3. The number of carbonyl (C=O) groups excluding carboxylic acids is 3. The molecule has 0 bridgehead atoms. The number of piperidine rings is 2. The number of halogens is 6. The second kappa shape index (κ2) is 28.2. The molecule has 474 valence electrons. The Balaban J connectivity index is 0.000000210. The molecule has 2 saturated heterocycles. The first kappa shape index (κ1) is 72.0. The Labute approximate surface area is 560 Å².